The van der Waals surface area contributed by atoms with E-state index in [0.717, 1.165) is 16.5 Å². The van der Waals surface area contributed by atoms with Crippen LogP contribution in [0.25, 0.3) is 10.9 Å². The number of hydrogen-bond acceptors (Lipinski definition) is 9. The van der Waals surface area contributed by atoms with Crippen molar-refractivity contribution in [2.75, 3.05) is 5.75 Å². The molecule has 324 valence electrons. The highest BCUT2D eigenvalue weighted by atomic mass is 32.1. The van der Waals surface area contributed by atoms with Gasteiger partial charge >= 0.3 is 11.9 Å². The van der Waals surface area contributed by atoms with Crippen LogP contribution in [0.1, 0.15) is 28.7 Å². The van der Waals surface area contributed by atoms with E-state index < -0.39 is 84.1 Å². The van der Waals surface area contributed by atoms with E-state index in [4.69, 9.17) is 5.73 Å². The first-order chi connectivity index (χ1) is 29.8. The first kappa shape index (κ1) is 46.1. The summed E-state index contributed by atoms with van der Waals surface area (Å²) < 4.78 is 0. The van der Waals surface area contributed by atoms with Gasteiger partial charge in [-0.3, -0.25) is 28.8 Å². The first-order valence-corrected chi connectivity index (χ1v) is 20.4. The predicted molar refractivity (Wildman–Crippen MR) is 234 cm³/mol. The molecule has 16 nitrogen and oxygen atoms in total. The Morgan fingerprint density at radius 2 is 0.903 bits per heavy atom. The summed E-state index contributed by atoms with van der Waals surface area (Å²) in [5, 5.41) is 33.0. The summed E-state index contributed by atoms with van der Waals surface area (Å²) in [6, 6.07) is 25.3. The molecular formula is C45H49N7O9S. The molecule has 0 bridgehead atoms. The molecule has 62 heavy (non-hydrogen) atoms. The van der Waals surface area contributed by atoms with Crippen LogP contribution in [0.3, 0.4) is 0 Å². The van der Waals surface area contributed by atoms with Crippen molar-refractivity contribution >= 4 is 65.0 Å². The fourth-order valence-corrected chi connectivity index (χ4v) is 6.99. The minimum atomic E-state index is -1.76. The van der Waals surface area contributed by atoms with Crippen LogP contribution in [0.4, 0.5) is 0 Å². The van der Waals surface area contributed by atoms with Gasteiger partial charge in [-0.05, 0) is 34.7 Å². The molecule has 10 N–H and O–H groups in total. The number of aliphatic carboxylic acids is 2. The summed E-state index contributed by atoms with van der Waals surface area (Å²) in [6.07, 6.45) is 0.808. The number of H-pyrrole nitrogens is 1. The summed E-state index contributed by atoms with van der Waals surface area (Å²) >= 11 is 3.99. The van der Waals surface area contributed by atoms with Gasteiger partial charge in [-0.15, -0.1) is 0 Å². The molecule has 17 heteroatoms. The molecule has 1 heterocycles. The van der Waals surface area contributed by atoms with Crippen molar-refractivity contribution in [1.29, 1.82) is 0 Å². The largest absolute Gasteiger partial charge is 0.481 e. The number of thiol groups is 1. The maximum atomic E-state index is 14.2. The van der Waals surface area contributed by atoms with E-state index >= 15 is 0 Å². The van der Waals surface area contributed by atoms with E-state index in [1.807, 2.05) is 24.3 Å². The molecule has 0 saturated carbocycles. The van der Waals surface area contributed by atoms with Crippen LogP contribution in [0.15, 0.2) is 121 Å². The lowest BCUT2D eigenvalue weighted by molar-refractivity contribution is -0.143. The Bertz CT molecular complexity index is 2330. The number of carboxylic acid groups (broad SMARTS) is 2. The monoisotopic (exact) mass is 863 g/mol. The summed E-state index contributed by atoms with van der Waals surface area (Å²) in [4.78, 5) is 96.2. The third-order valence-corrected chi connectivity index (χ3v) is 10.4. The van der Waals surface area contributed by atoms with Crippen LogP contribution in [0.5, 0.6) is 0 Å². The summed E-state index contributed by atoms with van der Waals surface area (Å²) in [6.45, 7) is 0. The van der Waals surface area contributed by atoms with Gasteiger partial charge in [-0.25, -0.2) is 4.79 Å². The minimum Gasteiger partial charge on any atom is -0.481 e. The third kappa shape index (κ3) is 13.5. The van der Waals surface area contributed by atoms with Crippen molar-refractivity contribution in [1.82, 2.24) is 31.6 Å². The number of carbonyl (C=O) groups excluding carboxylic acids is 5. The molecule has 0 unspecified atom stereocenters. The number of carboxylic acids is 2. The fraction of sp³-hybridized carbons (Fsp3) is 0.267. The average molecular weight is 864 g/mol. The van der Waals surface area contributed by atoms with Crippen molar-refractivity contribution in [2.45, 2.75) is 68.4 Å². The van der Waals surface area contributed by atoms with Crippen molar-refractivity contribution in [3.63, 3.8) is 0 Å². The Labute approximate surface area is 362 Å². The number of benzene rings is 4. The number of nitrogens with two attached hydrogens (primary N) is 1. The molecule has 6 atom stereocenters. The molecule has 0 radical (unpaired) electrons. The summed E-state index contributed by atoms with van der Waals surface area (Å²) in [5.41, 5.74) is 9.96. The normalized spacial score (nSPS) is 13.9. The number of aromatic nitrogens is 1. The smallest absolute Gasteiger partial charge is 0.327 e. The van der Waals surface area contributed by atoms with Gasteiger partial charge < -0.3 is 47.5 Å². The molecule has 0 saturated heterocycles. The van der Waals surface area contributed by atoms with Gasteiger partial charge in [0.2, 0.25) is 29.5 Å². The van der Waals surface area contributed by atoms with Gasteiger partial charge in [0.05, 0.1) is 12.5 Å². The molecular weight excluding hydrogens is 815 g/mol. The molecule has 4 aromatic carbocycles. The zero-order chi connectivity index (χ0) is 44.6. The van der Waals surface area contributed by atoms with E-state index in [-0.39, 0.29) is 31.4 Å². The molecule has 5 rings (SSSR count). The van der Waals surface area contributed by atoms with Crippen LogP contribution >= 0.6 is 12.6 Å². The van der Waals surface area contributed by atoms with Crippen LogP contribution in [0, 0.1) is 0 Å². The van der Waals surface area contributed by atoms with Crippen LogP contribution in [0.2, 0.25) is 0 Å². The number of aromatic amines is 1. The average Bonchev–Trinajstić information content (AvgIpc) is 3.67. The van der Waals surface area contributed by atoms with E-state index in [0.29, 0.717) is 16.7 Å². The third-order valence-electron chi connectivity index (χ3n) is 10.0. The van der Waals surface area contributed by atoms with Crippen LogP contribution < -0.4 is 32.3 Å². The van der Waals surface area contributed by atoms with Crippen molar-refractivity contribution in [3.05, 3.63) is 144 Å². The number of amides is 5. The summed E-state index contributed by atoms with van der Waals surface area (Å²) in [5.74, 6) is -7.33. The van der Waals surface area contributed by atoms with Gasteiger partial charge in [0.15, 0.2) is 0 Å². The predicted octanol–water partition coefficient (Wildman–Crippen LogP) is 1.68. The van der Waals surface area contributed by atoms with E-state index in [9.17, 15) is 43.8 Å². The maximum absolute atomic E-state index is 14.2. The van der Waals surface area contributed by atoms with Crippen LogP contribution in [-0.4, -0.2) is 98.7 Å². The zero-order valence-electron chi connectivity index (χ0n) is 33.5. The standard InChI is InChI=1S/C45H49N7O9S/c46-32(23-30-25-47-33-19-11-10-18-31(30)33)40(55)48-34(20-27-12-4-1-5-13-27)41(56)49-35(21-28-14-6-2-7-15-28)42(57)51-37(24-39(53)54)44(59)50-36(22-29-16-8-3-9-17-29)43(58)52-38(26-62)45(60)61/h1-19,25,32,34-38,47,62H,20-24,26,46H2,(H,48,55)(H,49,56)(H,50,59)(H,51,57)(H,52,58)(H,53,54)(H,60,61)/t32-,34-,35-,36-,37-,38-/m0/s1. The minimum absolute atomic E-state index is 0.0166. The zero-order valence-corrected chi connectivity index (χ0v) is 34.4. The Balaban J connectivity index is 1.37. The second kappa shape index (κ2) is 22.6. The lowest BCUT2D eigenvalue weighted by Crippen LogP contribution is -2.60. The Morgan fingerprint density at radius 3 is 1.34 bits per heavy atom. The fourth-order valence-electron chi connectivity index (χ4n) is 6.74. The topological polar surface area (TPSA) is 262 Å². The second-order valence-electron chi connectivity index (χ2n) is 14.7. The lowest BCUT2D eigenvalue weighted by Gasteiger charge is -2.27. The Morgan fingerprint density at radius 1 is 0.516 bits per heavy atom. The lowest BCUT2D eigenvalue weighted by atomic mass is 10.0. The van der Waals surface area contributed by atoms with E-state index in [1.54, 1.807) is 97.2 Å². The molecule has 1 aromatic heterocycles. The highest BCUT2D eigenvalue weighted by Crippen LogP contribution is 2.19. The number of nitrogens with one attached hydrogen (secondary N) is 6. The van der Waals surface area contributed by atoms with Crippen molar-refractivity contribution in [2.24, 2.45) is 5.73 Å². The molecule has 0 aliphatic rings. The molecule has 5 aromatic rings. The quantitative estimate of drug-likeness (QED) is 0.0450. The van der Waals surface area contributed by atoms with Gasteiger partial charge in [0.25, 0.3) is 0 Å². The van der Waals surface area contributed by atoms with Gasteiger partial charge in [0.1, 0.15) is 30.2 Å². The second-order valence-corrected chi connectivity index (χ2v) is 15.0. The number of fused-ring (bicyclic) bond motifs is 1. The number of rotatable bonds is 22. The van der Waals surface area contributed by atoms with Gasteiger partial charge in [-0.1, -0.05) is 109 Å². The first-order valence-electron chi connectivity index (χ1n) is 19.8. The van der Waals surface area contributed by atoms with Crippen LogP contribution in [-0.2, 0) is 59.2 Å². The molecule has 0 fully saturated rings. The van der Waals surface area contributed by atoms with E-state index in [1.165, 1.54) is 0 Å². The number of para-hydroxylation sites is 1. The van der Waals surface area contributed by atoms with Gasteiger partial charge in [-0.2, -0.15) is 12.6 Å². The Kier molecular flexibility index (Phi) is 16.8. The Hall–Kier alpha value is -6.98. The number of carbonyl (C=O) groups is 7. The number of hydrogen-bond donors (Lipinski definition) is 10. The SMILES string of the molecule is N[C@@H](Cc1c[nH]c2ccccc12)C(=O)N[C@@H](Cc1ccccc1)C(=O)N[C@@H](Cc1ccccc1)C(=O)N[C@@H](CC(=O)O)C(=O)N[C@@H](Cc1ccccc1)C(=O)N[C@@H](CS)C(=O)O. The highest BCUT2D eigenvalue weighted by molar-refractivity contribution is 7.80. The molecule has 0 aliphatic heterocycles. The molecule has 0 aliphatic carbocycles. The van der Waals surface area contributed by atoms with Gasteiger partial charge in [0, 0.05) is 42.1 Å². The summed E-state index contributed by atoms with van der Waals surface area (Å²) in [7, 11) is 0. The van der Waals surface area contributed by atoms with E-state index in [2.05, 4.69) is 44.2 Å². The van der Waals surface area contributed by atoms with Crippen molar-refractivity contribution in [3.8, 4) is 0 Å². The molecule has 5 amide bonds. The highest BCUT2D eigenvalue weighted by Gasteiger charge is 2.34. The molecule has 0 spiro atoms. The maximum Gasteiger partial charge on any atom is 0.327 e. The van der Waals surface area contributed by atoms with Crippen molar-refractivity contribution < 1.29 is 43.8 Å².